The Morgan fingerprint density at radius 1 is 0.518 bits per heavy atom. The minimum Gasteiger partial charge on any atom is -0.726 e. The summed E-state index contributed by atoms with van der Waals surface area (Å²) in [5, 5.41) is 11.0. The van der Waals surface area contributed by atoms with Gasteiger partial charge >= 0.3 is 148 Å². The molecule has 24 atom stereocenters. The molecule has 0 spiro atoms. The van der Waals surface area contributed by atoms with Crippen LogP contribution in [0.2, 0.25) is 0 Å². The van der Waals surface area contributed by atoms with Crippen molar-refractivity contribution in [1.82, 2.24) is 0 Å². The summed E-state index contributed by atoms with van der Waals surface area (Å²) in [5.41, 5.74) is -0.907. The van der Waals surface area contributed by atoms with Gasteiger partial charge in [0.25, 0.3) is 0 Å². The fraction of sp³-hybridized carbons (Fsp3) is 0.926. The van der Waals surface area contributed by atoms with E-state index < -0.39 is 118 Å². The Bertz CT molecular complexity index is 3010. The topological polar surface area (TPSA) is 352 Å². The zero-order chi connectivity index (χ0) is 59.1. The molecule has 9 aliphatic carbocycles. The van der Waals surface area contributed by atoms with E-state index in [9.17, 15) is 70.0 Å². The van der Waals surface area contributed by atoms with Crippen molar-refractivity contribution < 1.29 is 239 Å². The Kier molecular flexibility index (Phi) is 27.8. The fourth-order valence-electron chi connectivity index (χ4n) is 21.1. The molecular weight excluding hydrogens is 1260 g/mol. The number of allylic oxidation sites excluding steroid dienone is 4. The summed E-state index contributed by atoms with van der Waals surface area (Å²) in [6.45, 7) is 19.8. The van der Waals surface area contributed by atoms with Crippen LogP contribution in [0.3, 0.4) is 0 Å². The first-order chi connectivity index (χ1) is 36.6. The molecule has 24 unspecified atom stereocenters. The molecule has 8 saturated carbocycles. The number of rotatable bonds is 17. The van der Waals surface area contributed by atoms with Crippen LogP contribution in [-0.4, -0.2) is 107 Å². The molecule has 0 aromatic rings. The molecule has 1 N–H and O–H groups in total. The van der Waals surface area contributed by atoms with E-state index in [4.69, 9.17) is 20.9 Å². The average molecular weight is 1340 g/mol. The van der Waals surface area contributed by atoms with Gasteiger partial charge in [-0.05, 0) is 220 Å². The van der Waals surface area contributed by atoms with E-state index in [0.29, 0.717) is 24.7 Å². The summed E-state index contributed by atoms with van der Waals surface area (Å²) < 4.78 is 205. The van der Waals surface area contributed by atoms with Gasteiger partial charge in [-0.3, -0.25) is 20.9 Å². The van der Waals surface area contributed by atoms with Crippen molar-refractivity contribution in [3.8, 4) is 0 Å². The van der Waals surface area contributed by atoms with Gasteiger partial charge in [0.05, 0.1) is 18.3 Å². The summed E-state index contributed by atoms with van der Waals surface area (Å²) in [7, 11) is -26.4. The molecule has 31 heteroatoms. The van der Waals surface area contributed by atoms with Gasteiger partial charge in [-0.25, -0.2) is 42.1 Å². The van der Waals surface area contributed by atoms with E-state index >= 15 is 0 Å². The molecule has 0 aliphatic heterocycles. The van der Waals surface area contributed by atoms with Crippen LogP contribution >= 0.6 is 0 Å². The third-order valence-electron chi connectivity index (χ3n) is 24.0. The number of hydrogen-bond acceptors (Lipinski definition) is 21. The first-order valence-corrected chi connectivity index (χ1v) is 35.5. The van der Waals surface area contributed by atoms with Gasteiger partial charge in [0.15, 0.2) is 0 Å². The Labute approximate surface area is 617 Å². The van der Waals surface area contributed by atoms with Gasteiger partial charge in [-0.2, -0.15) is 0 Å². The standard InChI is InChI=1S/C54H88O21S5.5Na/c1-29(35-14-16-39-34-23-46(72-77(59,60)61)43-25-47(73-78(62,63)64)49(75-80(68,69)70)28-54(43,9)41(34)19-21-51(35,39)6)10-12-32-31(3)26-50(4,5)37(32)13-11-30(2)36-15-17-38-33-22-45(71-76(56,57)58)42-24-44(55)48(74-79(65,66)67)27-53(42,8)40(33)18-20-52(36,38)7;;;;;/h11,13,26,29-30,32-49,55H,10,12,14-25,27-28H2,1-9H3,(H,56,57,58)(H,59,60,61)(H,62,63,64)(H,65,66,67)(H,68,69,70);;;;;/q;5*+1/p-5/b13-11+;;;;;. The number of fused-ring (bicyclic) bond motifs is 10. The Hall–Kier alpha value is 3.79. The SMILES string of the molecule is CC1=CC(C)(C)C(/C=C/C(C)C2CCC3C4CC(OS(=O)(=O)[O-])C5CC(O)C(OS(=O)(=O)[O-])CC5(C)C4CCC23C)C1CCC(C)C1CCC2C3CC(OS(=O)(=O)[O-])C4CC(OS(=O)(=O)[O-])C(OS(=O)(=O)[O-])CC4(C)C3CCC12C.[Na+].[Na+].[Na+].[Na+].[Na+]. The second-order valence-corrected chi connectivity index (χ2v) is 33.3. The zero-order valence-electron chi connectivity index (χ0n) is 52.2. The molecule has 9 rings (SSSR count). The van der Waals surface area contributed by atoms with E-state index in [2.05, 4.69) is 66.7 Å². The molecule has 0 aromatic carbocycles. The molecule has 85 heavy (non-hydrogen) atoms. The summed E-state index contributed by atoms with van der Waals surface area (Å²) in [6, 6.07) is 0. The molecule has 0 saturated heterocycles. The van der Waals surface area contributed by atoms with Crippen molar-refractivity contribution in [3.63, 3.8) is 0 Å². The second kappa shape index (κ2) is 29.1. The van der Waals surface area contributed by atoms with Crippen molar-refractivity contribution >= 4 is 52.0 Å². The second-order valence-electron chi connectivity index (χ2n) is 28.2. The largest absolute Gasteiger partial charge is 1.00 e. The fourth-order valence-corrected chi connectivity index (χ4v) is 23.7. The maximum Gasteiger partial charge on any atom is 1.00 e. The van der Waals surface area contributed by atoms with Crippen molar-refractivity contribution in [2.45, 2.75) is 202 Å². The van der Waals surface area contributed by atoms with Crippen molar-refractivity contribution in [2.24, 2.45) is 110 Å². The quantitative estimate of drug-likeness (QED) is 0.0612. The Balaban J connectivity index is 0.00000310. The summed E-state index contributed by atoms with van der Waals surface area (Å²) in [6.07, 6.45) is 7.14. The molecule has 0 aromatic heterocycles. The van der Waals surface area contributed by atoms with Crippen molar-refractivity contribution in [3.05, 3.63) is 23.8 Å². The molecule has 21 nitrogen and oxygen atoms in total. The van der Waals surface area contributed by atoms with E-state index in [0.717, 1.165) is 57.8 Å². The van der Waals surface area contributed by atoms with Crippen LogP contribution in [0.5, 0.6) is 0 Å². The molecule has 0 radical (unpaired) electrons. The first-order valence-electron chi connectivity index (χ1n) is 28.8. The van der Waals surface area contributed by atoms with Crippen molar-refractivity contribution in [1.29, 1.82) is 0 Å². The van der Waals surface area contributed by atoms with Crippen LogP contribution in [-0.2, 0) is 72.9 Å². The molecule has 0 bridgehead atoms. The third-order valence-corrected chi connectivity index (χ3v) is 26.4. The van der Waals surface area contributed by atoms with E-state index in [1.807, 2.05) is 13.8 Å². The molecular formula is C54H83Na5O21S5. The summed E-state index contributed by atoms with van der Waals surface area (Å²) in [5.74, 6) is -0.0958. The maximum absolute atomic E-state index is 12.3. The van der Waals surface area contributed by atoms with E-state index in [1.54, 1.807) is 0 Å². The minimum atomic E-state index is -5.44. The predicted molar refractivity (Wildman–Crippen MR) is 282 cm³/mol. The van der Waals surface area contributed by atoms with Crippen LogP contribution in [0, 0.1) is 110 Å². The maximum atomic E-state index is 12.3. The van der Waals surface area contributed by atoms with Gasteiger partial charge in [0.1, 0.15) is 18.3 Å². The minimum absolute atomic E-state index is 0. The van der Waals surface area contributed by atoms with Crippen LogP contribution in [0.4, 0.5) is 0 Å². The van der Waals surface area contributed by atoms with Crippen LogP contribution in [0.15, 0.2) is 23.8 Å². The Morgan fingerprint density at radius 2 is 0.906 bits per heavy atom. The van der Waals surface area contributed by atoms with Crippen LogP contribution in [0.25, 0.3) is 0 Å². The third kappa shape index (κ3) is 17.2. The van der Waals surface area contributed by atoms with Gasteiger partial charge in [0.2, 0.25) is 52.0 Å². The molecule has 0 heterocycles. The average Bonchev–Trinajstić information content (AvgIpc) is 2.61. The number of aliphatic hydroxyl groups excluding tert-OH is 1. The zero-order valence-corrected chi connectivity index (χ0v) is 66.3. The van der Waals surface area contributed by atoms with Crippen LogP contribution < -0.4 is 148 Å². The van der Waals surface area contributed by atoms with Crippen LogP contribution in [0.1, 0.15) is 165 Å². The van der Waals surface area contributed by atoms with Gasteiger partial charge in [0, 0.05) is 0 Å². The van der Waals surface area contributed by atoms with Gasteiger partial charge < -0.3 is 27.9 Å². The van der Waals surface area contributed by atoms with Gasteiger partial charge in [-0.1, -0.05) is 79.2 Å². The number of aliphatic hydroxyl groups is 1. The Morgan fingerprint density at radius 3 is 1.38 bits per heavy atom. The molecule has 9 aliphatic rings. The molecule has 8 fully saturated rings. The molecule has 460 valence electrons. The van der Waals surface area contributed by atoms with E-state index in [1.165, 1.54) is 5.57 Å². The number of hydrogen-bond donors (Lipinski definition) is 1. The predicted octanol–water partition coefficient (Wildman–Crippen LogP) is -7.82. The normalized spacial score (nSPS) is 43.8. The summed E-state index contributed by atoms with van der Waals surface area (Å²) >= 11 is 0. The summed E-state index contributed by atoms with van der Waals surface area (Å²) in [4.78, 5) is 0. The van der Waals surface area contributed by atoms with E-state index in [-0.39, 0.29) is 249 Å². The van der Waals surface area contributed by atoms with Gasteiger partial charge in [-0.15, -0.1) is 0 Å². The monoisotopic (exact) mass is 1340 g/mol. The van der Waals surface area contributed by atoms with Crippen molar-refractivity contribution in [2.75, 3.05) is 0 Å². The smallest absolute Gasteiger partial charge is 0.726 e. The molecule has 0 amide bonds. The first kappa shape index (κ1) is 81.2.